The Hall–Kier alpha value is -0.920. The quantitative estimate of drug-likeness (QED) is 0.886. The molecule has 1 aromatic carbocycles. The molecule has 2 atom stereocenters. The minimum Gasteiger partial charge on any atom is -0.387 e. The van der Waals surface area contributed by atoms with Crippen LogP contribution in [0.3, 0.4) is 0 Å². The van der Waals surface area contributed by atoms with Crippen molar-refractivity contribution in [2.75, 3.05) is 0 Å². The number of nitrogens with zero attached hydrogens (tertiary/aromatic N) is 1. The van der Waals surface area contributed by atoms with Gasteiger partial charge in [0.05, 0.1) is 18.1 Å². The van der Waals surface area contributed by atoms with Crippen LogP contribution in [0.25, 0.3) is 0 Å². The van der Waals surface area contributed by atoms with Crippen LogP contribution in [-0.4, -0.2) is 5.11 Å². The molecule has 74 valence electrons. The van der Waals surface area contributed by atoms with Gasteiger partial charge in [-0.1, -0.05) is 22.0 Å². The molecule has 2 nitrogen and oxygen atoms in total. The molecule has 0 bridgehead atoms. The molecule has 14 heavy (non-hydrogen) atoms. The molecule has 0 spiro atoms. The molecule has 0 aliphatic carbocycles. The third-order valence-electron chi connectivity index (χ3n) is 1.97. The summed E-state index contributed by atoms with van der Waals surface area (Å²) in [4.78, 5) is 0. The van der Waals surface area contributed by atoms with Gasteiger partial charge in [-0.25, -0.2) is 4.39 Å². The van der Waals surface area contributed by atoms with Crippen molar-refractivity contribution in [1.29, 1.82) is 5.26 Å². The van der Waals surface area contributed by atoms with Crippen LogP contribution in [0.2, 0.25) is 0 Å². The van der Waals surface area contributed by atoms with Crippen LogP contribution in [0.5, 0.6) is 0 Å². The van der Waals surface area contributed by atoms with Crippen molar-refractivity contribution in [3.05, 3.63) is 34.1 Å². The molecule has 0 heterocycles. The van der Waals surface area contributed by atoms with E-state index in [0.717, 1.165) is 0 Å². The smallest absolute Gasteiger partial charge is 0.130 e. The van der Waals surface area contributed by atoms with Crippen LogP contribution in [-0.2, 0) is 0 Å². The van der Waals surface area contributed by atoms with E-state index >= 15 is 0 Å². The van der Waals surface area contributed by atoms with Crippen LogP contribution >= 0.6 is 15.9 Å². The fourth-order valence-electron chi connectivity index (χ4n) is 1.11. The number of aliphatic hydroxyl groups excluding tert-OH is 1. The summed E-state index contributed by atoms with van der Waals surface area (Å²) in [5.41, 5.74) is 0.140. The van der Waals surface area contributed by atoms with E-state index in [1.807, 2.05) is 6.07 Å². The minimum atomic E-state index is -1.10. The van der Waals surface area contributed by atoms with Crippen molar-refractivity contribution in [3.63, 3.8) is 0 Å². The molecule has 1 aromatic rings. The van der Waals surface area contributed by atoms with Gasteiger partial charge in [-0.3, -0.25) is 0 Å². The molecule has 0 saturated carbocycles. The zero-order valence-corrected chi connectivity index (χ0v) is 9.12. The van der Waals surface area contributed by atoms with Gasteiger partial charge < -0.3 is 5.11 Å². The first kappa shape index (κ1) is 11.2. The lowest BCUT2D eigenvalue weighted by Gasteiger charge is -2.15. The first-order valence-electron chi connectivity index (χ1n) is 4.09. The van der Waals surface area contributed by atoms with Crippen molar-refractivity contribution in [1.82, 2.24) is 0 Å². The number of rotatable bonds is 2. The Balaban J connectivity index is 3.13. The van der Waals surface area contributed by atoms with Crippen LogP contribution in [0, 0.1) is 23.1 Å². The van der Waals surface area contributed by atoms with E-state index in [9.17, 15) is 9.50 Å². The summed E-state index contributed by atoms with van der Waals surface area (Å²) in [7, 11) is 0. The average molecular weight is 258 g/mol. The molecule has 4 heteroatoms. The van der Waals surface area contributed by atoms with Crippen molar-refractivity contribution in [2.45, 2.75) is 13.0 Å². The van der Waals surface area contributed by atoms with Crippen molar-refractivity contribution >= 4 is 15.9 Å². The van der Waals surface area contributed by atoms with E-state index in [0.29, 0.717) is 4.47 Å². The van der Waals surface area contributed by atoms with Crippen molar-refractivity contribution in [2.24, 2.45) is 5.92 Å². The maximum absolute atomic E-state index is 13.3. The Bertz CT molecular complexity index is 355. The lowest BCUT2D eigenvalue weighted by atomic mass is 9.98. The zero-order valence-electron chi connectivity index (χ0n) is 7.54. The lowest BCUT2D eigenvalue weighted by Crippen LogP contribution is -2.09. The molecule has 0 saturated heterocycles. The molecule has 0 amide bonds. The summed E-state index contributed by atoms with van der Waals surface area (Å²) in [6, 6.07) is 6.30. The summed E-state index contributed by atoms with van der Waals surface area (Å²) in [5, 5.41) is 18.3. The minimum absolute atomic E-state index is 0.140. The average Bonchev–Trinajstić information content (AvgIpc) is 2.16. The number of hydrogen-bond acceptors (Lipinski definition) is 2. The maximum atomic E-state index is 13.3. The molecule has 0 aliphatic rings. The second-order valence-corrected chi connectivity index (χ2v) is 3.85. The Kier molecular flexibility index (Phi) is 3.62. The van der Waals surface area contributed by atoms with Gasteiger partial charge in [-0.15, -0.1) is 0 Å². The van der Waals surface area contributed by atoms with Gasteiger partial charge in [0.1, 0.15) is 5.82 Å². The van der Waals surface area contributed by atoms with E-state index in [4.69, 9.17) is 5.26 Å². The van der Waals surface area contributed by atoms with Crippen LogP contribution in [0.1, 0.15) is 18.6 Å². The van der Waals surface area contributed by atoms with Gasteiger partial charge in [-0.05, 0) is 19.1 Å². The van der Waals surface area contributed by atoms with E-state index < -0.39 is 17.8 Å². The van der Waals surface area contributed by atoms with E-state index in [1.54, 1.807) is 13.0 Å². The first-order valence-corrected chi connectivity index (χ1v) is 4.88. The highest BCUT2D eigenvalue weighted by Gasteiger charge is 2.21. The summed E-state index contributed by atoms with van der Waals surface area (Å²) < 4.78 is 13.8. The maximum Gasteiger partial charge on any atom is 0.130 e. The normalized spacial score (nSPS) is 14.5. The number of benzene rings is 1. The number of halogens is 2. The Morgan fingerprint density at radius 3 is 2.71 bits per heavy atom. The van der Waals surface area contributed by atoms with Gasteiger partial charge in [0.15, 0.2) is 0 Å². The van der Waals surface area contributed by atoms with Crippen molar-refractivity contribution < 1.29 is 9.50 Å². The predicted molar refractivity (Wildman–Crippen MR) is 53.8 cm³/mol. The summed E-state index contributed by atoms with van der Waals surface area (Å²) >= 11 is 3.14. The fraction of sp³-hybridized carbons (Fsp3) is 0.300. The summed E-state index contributed by atoms with van der Waals surface area (Å²) in [6.45, 7) is 1.55. The molecule has 2 unspecified atom stereocenters. The van der Waals surface area contributed by atoms with E-state index in [1.165, 1.54) is 12.1 Å². The molecule has 0 aliphatic heterocycles. The number of nitriles is 1. The molecule has 0 aromatic heterocycles. The fourth-order valence-corrected chi connectivity index (χ4v) is 1.69. The second-order valence-electron chi connectivity index (χ2n) is 3.00. The highest BCUT2D eigenvalue weighted by Crippen LogP contribution is 2.30. The third kappa shape index (κ3) is 2.11. The van der Waals surface area contributed by atoms with Crippen molar-refractivity contribution in [3.8, 4) is 6.07 Å². The van der Waals surface area contributed by atoms with Crippen LogP contribution < -0.4 is 0 Å². The largest absolute Gasteiger partial charge is 0.387 e. The molecular formula is C10H9BrFNO. The lowest BCUT2D eigenvalue weighted by molar-refractivity contribution is 0.137. The Morgan fingerprint density at radius 2 is 2.21 bits per heavy atom. The van der Waals surface area contributed by atoms with Crippen LogP contribution in [0.4, 0.5) is 4.39 Å². The topological polar surface area (TPSA) is 44.0 Å². The highest BCUT2D eigenvalue weighted by molar-refractivity contribution is 9.10. The summed E-state index contributed by atoms with van der Waals surface area (Å²) in [6.07, 6.45) is -1.10. The summed E-state index contributed by atoms with van der Waals surface area (Å²) in [5.74, 6) is -1.14. The predicted octanol–water partition coefficient (Wildman–Crippen LogP) is 2.78. The number of hydrogen-bond donors (Lipinski definition) is 1. The monoisotopic (exact) mass is 257 g/mol. The first-order chi connectivity index (χ1) is 6.57. The van der Waals surface area contributed by atoms with Gasteiger partial charge in [0.25, 0.3) is 0 Å². The highest BCUT2D eigenvalue weighted by atomic mass is 79.9. The van der Waals surface area contributed by atoms with Gasteiger partial charge in [0.2, 0.25) is 0 Å². The molecule has 0 fully saturated rings. The Morgan fingerprint density at radius 1 is 1.57 bits per heavy atom. The second kappa shape index (κ2) is 4.54. The Labute approximate surface area is 90.1 Å². The standard InChI is InChI=1S/C10H9BrFNO/c1-6(5-13)10(14)9-7(11)3-2-4-8(9)12/h2-4,6,10,14H,1H3. The SMILES string of the molecule is CC(C#N)C(O)c1c(F)cccc1Br. The van der Waals surface area contributed by atoms with Gasteiger partial charge >= 0.3 is 0 Å². The van der Waals surface area contributed by atoms with Gasteiger partial charge in [-0.2, -0.15) is 5.26 Å². The molecule has 0 radical (unpaired) electrons. The zero-order chi connectivity index (χ0) is 10.7. The van der Waals surface area contributed by atoms with Crippen LogP contribution in [0.15, 0.2) is 22.7 Å². The molecule has 1 N–H and O–H groups in total. The number of aliphatic hydroxyl groups is 1. The molecular weight excluding hydrogens is 249 g/mol. The van der Waals surface area contributed by atoms with Gasteiger partial charge in [0, 0.05) is 10.0 Å². The third-order valence-corrected chi connectivity index (χ3v) is 2.66. The molecule has 1 rings (SSSR count). The van der Waals surface area contributed by atoms with E-state index in [2.05, 4.69) is 15.9 Å². The van der Waals surface area contributed by atoms with E-state index in [-0.39, 0.29) is 5.56 Å².